The summed E-state index contributed by atoms with van der Waals surface area (Å²) in [7, 11) is 0. The molecule has 0 spiro atoms. The third kappa shape index (κ3) is 2.38. The number of thiazole rings is 1. The molecule has 1 aromatic heterocycles. The number of aromatic nitrogens is 1. The highest BCUT2D eigenvalue weighted by Crippen LogP contribution is 2.45. The first-order valence-electron chi connectivity index (χ1n) is 8.69. The van der Waals surface area contributed by atoms with E-state index in [0.717, 1.165) is 45.4 Å². The minimum Gasteiger partial charge on any atom is -0.342 e. The van der Waals surface area contributed by atoms with Gasteiger partial charge in [-0.25, -0.2) is 4.98 Å². The van der Waals surface area contributed by atoms with Crippen molar-refractivity contribution in [3.05, 3.63) is 16.6 Å². The largest absolute Gasteiger partial charge is 0.342 e. The standard InChI is InChI=1S/C17H25N3OS/c21-16(17-6-2-1-3-14(17)11-18-12-17)20-8-4-13(5-9-20)15-19-7-10-22-15/h7,10,13-14,18H,1-6,8-9,11-12H2/t14-,17+/m0/s1. The molecule has 2 saturated heterocycles. The van der Waals surface area contributed by atoms with Gasteiger partial charge in [0.05, 0.1) is 10.4 Å². The smallest absolute Gasteiger partial charge is 0.230 e. The summed E-state index contributed by atoms with van der Waals surface area (Å²) in [6.07, 6.45) is 8.89. The van der Waals surface area contributed by atoms with E-state index in [0.29, 0.717) is 17.7 Å². The van der Waals surface area contributed by atoms with Gasteiger partial charge in [-0.15, -0.1) is 11.3 Å². The van der Waals surface area contributed by atoms with Crippen LogP contribution in [0.4, 0.5) is 0 Å². The van der Waals surface area contributed by atoms with Crippen LogP contribution in [0.25, 0.3) is 0 Å². The zero-order valence-corrected chi connectivity index (χ0v) is 13.9. The number of piperidine rings is 1. The van der Waals surface area contributed by atoms with Crippen LogP contribution in [0, 0.1) is 11.3 Å². The Balaban J connectivity index is 1.43. The third-order valence-corrected chi connectivity index (χ3v) is 6.98. The lowest BCUT2D eigenvalue weighted by Gasteiger charge is -2.42. The van der Waals surface area contributed by atoms with Crippen LogP contribution in [0.15, 0.2) is 11.6 Å². The molecule has 3 fully saturated rings. The van der Waals surface area contributed by atoms with Crippen molar-refractivity contribution in [3.63, 3.8) is 0 Å². The molecule has 4 rings (SSSR count). The minimum atomic E-state index is -0.0771. The molecule has 1 aromatic rings. The SMILES string of the molecule is O=C(N1CCC(c2nccs2)CC1)[C@@]12CCCC[C@H]1CNC2. The van der Waals surface area contributed by atoms with Gasteiger partial charge in [0.25, 0.3) is 0 Å². The molecule has 0 radical (unpaired) electrons. The first kappa shape index (κ1) is 14.6. The van der Waals surface area contributed by atoms with E-state index >= 15 is 0 Å². The topological polar surface area (TPSA) is 45.2 Å². The van der Waals surface area contributed by atoms with Crippen LogP contribution in [0.5, 0.6) is 0 Å². The molecule has 22 heavy (non-hydrogen) atoms. The summed E-state index contributed by atoms with van der Waals surface area (Å²) in [5.74, 6) is 1.58. The Kier molecular flexibility index (Phi) is 3.95. The summed E-state index contributed by atoms with van der Waals surface area (Å²) in [4.78, 5) is 19.8. The van der Waals surface area contributed by atoms with Crippen LogP contribution < -0.4 is 5.32 Å². The van der Waals surface area contributed by atoms with Gasteiger partial charge in [0.2, 0.25) is 5.91 Å². The maximum atomic E-state index is 13.2. The number of carbonyl (C=O) groups excluding carboxylic acids is 1. The van der Waals surface area contributed by atoms with Crippen LogP contribution in [0.2, 0.25) is 0 Å². The van der Waals surface area contributed by atoms with Crippen molar-refractivity contribution in [3.8, 4) is 0 Å². The van der Waals surface area contributed by atoms with Crippen LogP contribution in [-0.2, 0) is 4.79 Å². The van der Waals surface area contributed by atoms with Crippen molar-refractivity contribution >= 4 is 17.2 Å². The highest BCUT2D eigenvalue weighted by Gasteiger charge is 2.51. The average Bonchev–Trinajstić information content (AvgIpc) is 3.24. The van der Waals surface area contributed by atoms with Gasteiger partial charge in [0.15, 0.2) is 0 Å². The Bertz CT molecular complexity index is 524. The molecule has 120 valence electrons. The molecule has 3 heterocycles. The number of likely N-dealkylation sites (tertiary alicyclic amines) is 1. The fourth-order valence-electron chi connectivity index (χ4n) is 4.75. The molecule has 1 aliphatic carbocycles. The minimum absolute atomic E-state index is 0.0771. The molecule has 2 aliphatic heterocycles. The predicted octanol–water partition coefficient (Wildman–Crippen LogP) is 2.63. The summed E-state index contributed by atoms with van der Waals surface area (Å²) in [6.45, 7) is 3.78. The van der Waals surface area contributed by atoms with Crippen molar-refractivity contribution in [2.45, 2.75) is 44.4 Å². The van der Waals surface area contributed by atoms with E-state index in [-0.39, 0.29) is 5.41 Å². The van der Waals surface area contributed by atoms with Gasteiger partial charge >= 0.3 is 0 Å². The lowest BCUT2D eigenvalue weighted by Crippen LogP contribution is -2.51. The molecule has 0 aromatic carbocycles. The second-order valence-corrected chi connectivity index (χ2v) is 8.09. The van der Waals surface area contributed by atoms with Crippen LogP contribution in [-0.4, -0.2) is 42.0 Å². The maximum absolute atomic E-state index is 13.2. The van der Waals surface area contributed by atoms with Gasteiger partial charge in [-0.2, -0.15) is 0 Å². The van der Waals surface area contributed by atoms with E-state index in [2.05, 4.69) is 20.6 Å². The van der Waals surface area contributed by atoms with Gasteiger partial charge in [0, 0.05) is 37.1 Å². The van der Waals surface area contributed by atoms with Crippen LogP contribution in [0.1, 0.15) is 49.5 Å². The molecule has 0 bridgehead atoms. The van der Waals surface area contributed by atoms with Crippen molar-refractivity contribution in [2.24, 2.45) is 11.3 Å². The summed E-state index contributed by atoms with van der Waals surface area (Å²) in [5, 5.41) is 6.81. The van der Waals surface area contributed by atoms with E-state index < -0.39 is 0 Å². The second kappa shape index (κ2) is 5.93. The van der Waals surface area contributed by atoms with Gasteiger partial charge in [-0.3, -0.25) is 4.79 Å². The van der Waals surface area contributed by atoms with Gasteiger partial charge < -0.3 is 10.2 Å². The van der Waals surface area contributed by atoms with Crippen LogP contribution >= 0.6 is 11.3 Å². The van der Waals surface area contributed by atoms with Crippen molar-refractivity contribution in [2.75, 3.05) is 26.2 Å². The molecule has 5 heteroatoms. The summed E-state index contributed by atoms with van der Waals surface area (Å²) in [5.41, 5.74) is -0.0771. The van der Waals surface area contributed by atoms with Gasteiger partial charge in [-0.1, -0.05) is 12.8 Å². The number of hydrogen-bond acceptors (Lipinski definition) is 4. The number of amides is 1. The Hall–Kier alpha value is -0.940. The van der Waals surface area contributed by atoms with Crippen molar-refractivity contribution in [1.29, 1.82) is 0 Å². The zero-order chi connectivity index (χ0) is 15.0. The normalized spacial score (nSPS) is 32.9. The molecule has 1 N–H and O–H groups in total. The van der Waals surface area contributed by atoms with E-state index in [1.165, 1.54) is 24.3 Å². The van der Waals surface area contributed by atoms with Crippen molar-refractivity contribution < 1.29 is 4.79 Å². The molecule has 4 nitrogen and oxygen atoms in total. The number of hydrogen-bond donors (Lipinski definition) is 1. The highest BCUT2D eigenvalue weighted by atomic mass is 32.1. The van der Waals surface area contributed by atoms with Crippen molar-refractivity contribution in [1.82, 2.24) is 15.2 Å². The van der Waals surface area contributed by atoms with Gasteiger partial charge in [-0.05, 0) is 38.1 Å². The molecule has 1 saturated carbocycles. The van der Waals surface area contributed by atoms with E-state index in [9.17, 15) is 4.79 Å². The lowest BCUT2D eigenvalue weighted by atomic mass is 9.67. The predicted molar refractivity (Wildman–Crippen MR) is 87.9 cm³/mol. The first-order valence-corrected chi connectivity index (χ1v) is 9.57. The quantitative estimate of drug-likeness (QED) is 0.911. The Morgan fingerprint density at radius 1 is 1.32 bits per heavy atom. The molecular formula is C17H25N3OS. The monoisotopic (exact) mass is 319 g/mol. The summed E-state index contributed by atoms with van der Waals surface area (Å²) < 4.78 is 0. The summed E-state index contributed by atoms with van der Waals surface area (Å²) >= 11 is 1.76. The first-order chi connectivity index (χ1) is 10.8. The number of carbonyl (C=O) groups is 1. The number of rotatable bonds is 2. The highest BCUT2D eigenvalue weighted by molar-refractivity contribution is 7.09. The number of nitrogens with zero attached hydrogens (tertiary/aromatic N) is 2. The summed E-state index contributed by atoms with van der Waals surface area (Å²) in [6, 6.07) is 0. The van der Waals surface area contributed by atoms with E-state index in [1.807, 2.05) is 6.20 Å². The molecule has 3 aliphatic rings. The number of fused-ring (bicyclic) bond motifs is 1. The van der Waals surface area contributed by atoms with E-state index in [4.69, 9.17) is 0 Å². The third-order valence-electron chi connectivity index (χ3n) is 6.05. The zero-order valence-electron chi connectivity index (χ0n) is 13.1. The molecule has 0 unspecified atom stereocenters. The Morgan fingerprint density at radius 2 is 2.18 bits per heavy atom. The maximum Gasteiger partial charge on any atom is 0.230 e. The van der Waals surface area contributed by atoms with Gasteiger partial charge in [0.1, 0.15) is 0 Å². The fourth-order valence-corrected chi connectivity index (χ4v) is 5.56. The Labute approximate surface area is 136 Å². The second-order valence-electron chi connectivity index (χ2n) is 7.17. The number of nitrogens with one attached hydrogen (secondary N) is 1. The molecule has 2 atom stereocenters. The lowest BCUT2D eigenvalue weighted by molar-refractivity contribution is -0.146. The average molecular weight is 319 g/mol. The fraction of sp³-hybridized carbons (Fsp3) is 0.765. The van der Waals surface area contributed by atoms with Crippen LogP contribution in [0.3, 0.4) is 0 Å². The van der Waals surface area contributed by atoms with E-state index in [1.54, 1.807) is 11.3 Å². The Morgan fingerprint density at radius 3 is 2.95 bits per heavy atom. The molecular weight excluding hydrogens is 294 g/mol. The molecule has 1 amide bonds.